The minimum Gasteiger partial charge on any atom is -0.405 e. The molecule has 3 aliphatic heterocycles. The van der Waals surface area contributed by atoms with E-state index in [1.807, 2.05) is 107 Å². The Morgan fingerprint density at radius 1 is 0.321 bits per heavy atom. The maximum atomic E-state index is 13.0. The van der Waals surface area contributed by atoms with Crippen molar-refractivity contribution in [3.8, 4) is 22.5 Å². The number of ketones is 1. The minimum atomic E-state index is -6.01. The molecule has 0 spiro atoms. The molecule has 1 N–H and O–H groups in total. The summed E-state index contributed by atoms with van der Waals surface area (Å²) in [6.45, 7) is 24.6. The molecular weight excluding hydrogens is 2250 g/mol. The highest BCUT2D eigenvalue weighted by Crippen LogP contribution is 2.51. The van der Waals surface area contributed by atoms with E-state index in [2.05, 4.69) is 94.6 Å². The van der Waals surface area contributed by atoms with Gasteiger partial charge in [0.25, 0.3) is 14.7 Å². The van der Waals surface area contributed by atoms with E-state index in [9.17, 15) is 91.5 Å². The number of pyridine rings is 3. The molecule has 137 heavy (non-hydrogen) atoms. The Morgan fingerprint density at radius 3 is 0.803 bits per heavy atom. The van der Waals surface area contributed by atoms with Crippen LogP contribution in [0.2, 0.25) is 0 Å². The van der Waals surface area contributed by atoms with Gasteiger partial charge in [0.2, 0.25) is 45.1 Å². The van der Waals surface area contributed by atoms with Crippen molar-refractivity contribution in [2.24, 2.45) is 0 Å². The number of aromatic nitrogens is 3. The smallest absolute Gasteiger partial charge is 0.405 e. The fraction of sp³-hybridized carbons (Fsp3) is 0.247. The number of benzene rings is 9. The average Bonchev–Trinajstić information content (AvgIpc) is 1.61. The number of sulfone groups is 4. The molecule has 9 aromatic carbocycles. The van der Waals surface area contributed by atoms with Crippen LogP contribution in [-0.4, -0.2) is 141 Å². The fourth-order valence-corrected chi connectivity index (χ4v) is 18.8. The van der Waals surface area contributed by atoms with Crippen LogP contribution >= 0.6 is 90.3 Å². The zero-order chi connectivity index (χ0) is 102. The van der Waals surface area contributed by atoms with E-state index < -0.39 is 116 Å². The number of alkyl halides is 9. The monoisotopic (exact) mass is 2330 g/mol. The van der Waals surface area contributed by atoms with Crippen molar-refractivity contribution in [2.45, 2.75) is 192 Å². The topological polar surface area (TPSA) is 302 Å². The van der Waals surface area contributed by atoms with E-state index in [1.54, 1.807) is 207 Å². The molecule has 0 unspecified atom stereocenters. The predicted octanol–water partition coefficient (Wildman–Crippen LogP) is 23.7. The highest BCUT2D eigenvalue weighted by Gasteiger charge is 2.72. The number of halogens is 15. The first-order valence-corrected chi connectivity index (χ1v) is 52.7. The van der Waals surface area contributed by atoms with E-state index in [4.69, 9.17) is 38.6 Å². The van der Waals surface area contributed by atoms with Gasteiger partial charge in [0.05, 0.1) is 89.1 Å². The quantitative estimate of drug-likeness (QED) is 0.0458. The first-order valence-electron chi connectivity index (χ1n) is 40.5. The van der Waals surface area contributed by atoms with Gasteiger partial charge in [-0.25, -0.2) is 47.1 Å². The molecule has 21 nitrogen and oxygen atoms in total. The Hall–Kier alpha value is -8.18. The summed E-state index contributed by atoms with van der Waals surface area (Å²) in [5, 5.41) is 9.39. The normalized spacial score (nSPS) is 15.8. The van der Waals surface area contributed by atoms with Gasteiger partial charge >= 0.3 is 39.7 Å². The van der Waals surface area contributed by atoms with Gasteiger partial charge in [-0.05, 0) is 300 Å². The van der Waals surface area contributed by atoms with Crippen molar-refractivity contribution in [2.75, 3.05) is 0 Å². The maximum Gasteiger partial charge on any atom is 0.494 e. The Balaban J connectivity index is 0.000000199. The molecule has 15 rings (SSSR count). The number of rotatable bonds is 14. The summed E-state index contributed by atoms with van der Waals surface area (Å²) in [7, 11) is -14.1. The Labute approximate surface area is 838 Å². The highest BCUT2D eigenvalue weighted by atomic mass is 79.9. The van der Waals surface area contributed by atoms with E-state index >= 15 is 0 Å². The second-order valence-corrected chi connectivity index (χ2v) is 47.8. The molecule has 0 bridgehead atoms. The summed E-state index contributed by atoms with van der Waals surface area (Å²) in [6, 6.07) is 73.0. The summed E-state index contributed by atoms with van der Waals surface area (Å²) in [6.07, 6.45) is -12.9. The molecule has 44 heteroatoms. The molecule has 0 aliphatic carbocycles. The van der Waals surface area contributed by atoms with Crippen LogP contribution in [0.15, 0.2) is 364 Å². The third-order valence-electron chi connectivity index (χ3n) is 21.7. The second-order valence-electron chi connectivity index (χ2n) is 32.9. The van der Waals surface area contributed by atoms with Gasteiger partial charge in [0, 0.05) is 70.8 Å². The first kappa shape index (κ1) is 114. The lowest BCUT2D eigenvalue weighted by Gasteiger charge is -2.32. The number of nitrogens with zero attached hydrogens (tertiary/aromatic N) is 3. The number of aliphatic hydroxyl groups is 1. The first-order chi connectivity index (χ1) is 63.2. The number of hydrogen-bond donors (Lipinski definition) is 1. The van der Waals surface area contributed by atoms with Gasteiger partial charge in [-0.3, -0.25) is 14.8 Å². The lowest BCUT2D eigenvalue weighted by Crippen LogP contribution is -2.53. The van der Waals surface area contributed by atoms with E-state index in [1.165, 1.54) is 48.5 Å². The zero-order valence-corrected chi connectivity index (χ0v) is 87.7. The van der Waals surface area contributed by atoms with E-state index in [0.717, 1.165) is 45.3 Å². The molecule has 728 valence electrons. The Kier molecular flexibility index (Phi) is 38.2. The van der Waals surface area contributed by atoms with Crippen LogP contribution in [0.25, 0.3) is 22.5 Å². The molecule has 3 saturated heterocycles. The number of hydrogen-bond acceptors (Lipinski definition) is 21. The molecule has 0 saturated carbocycles. The molecule has 12 aromatic rings. The van der Waals surface area contributed by atoms with Crippen LogP contribution in [0.1, 0.15) is 95.6 Å². The number of carbonyl (C=O) groups is 1. The van der Waals surface area contributed by atoms with E-state index in [-0.39, 0.29) is 69.2 Å². The fourth-order valence-electron chi connectivity index (χ4n) is 11.7. The van der Waals surface area contributed by atoms with E-state index in [0.29, 0.717) is 27.7 Å². The summed E-state index contributed by atoms with van der Waals surface area (Å²) in [5.74, 6) is -1.76. The zero-order valence-electron chi connectivity index (χ0n) is 75.0. The summed E-state index contributed by atoms with van der Waals surface area (Å²) in [4.78, 5) is 23.0. The molecule has 0 radical (unpaired) electrons. The molecule has 0 atom stereocenters. The van der Waals surface area contributed by atoms with Crippen molar-refractivity contribution in [1.29, 1.82) is 0 Å². The third-order valence-corrected chi connectivity index (χ3v) is 32.6. The number of Topliss-reactive ketones (excluding diaryl/α,β-unsaturated/α-hetero) is 1. The molecule has 3 fully saturated rings. The van der Waals surface area contributed by atoms with Crippen molar-refractivity contribution >= 4 is 171 Å². The van der Waals surface area contributed by atoms with Crippen LogP contribution < -0.4 is 5.46 Å². The standard InChI is InChI=1S/C20H13F6NO3S.C18H21BO4S.C17H12BrNO2S.C12H24B2O4.C12H9BrO2S.C6H4BrClO2S.C5H3Br2N.C3H3F3O/c21-19(22,23)18(28,20(24,25)26)14-8-11-17(27-12-14)13-6-9-16(10-7-13)31(29,30)15-4-2-1-3-5-15;1-17(2)18(3,4)23-19(22-17)14-10-12-16(13-11-14)24(20,21)15-8-6-5-7-9-15;18-14-8-11-17(19-12-14)13-6-9-16(10-7-13)22(20,21)15-4-2-1-3-5-15;1-9(2)10(3,4)16-13(15-9)14-17-11(5,6)12(7,8)18-14;13-10-6-8-12(9-7-10)16(14,15)11-4-2-1-3-5-11;7-5-1-3-6(4-2-5)11(8,9)10;6-4-1-2-5(7)8-3-4;1-2(7)3(4,5)6/h1-12,28H;5-13H,1-4H3;1-12H;1-8H3;1-9H;1-4H;1-3H;1H3. The molecule has 3 aromatic heterocycles. The SMILES string of the molecule is Brc1ccc(Br)nc1.CC(=O)C(F)(F)F.CC1(C)OB(B2OC(C)(C)C(C)(C)O2)OC1(C)C.CC1(C)OB(c2ccc(S(=O)(=O)c3ccccc3)cc2)OC1(C)C.O=S(=O)(Cl)c1ccc(Br)cc1.O=S(=O)(c1ccccc1)c1ccc(-c2ccc(Br)cn2)cc1.O=S(=O)(c1ccccc1)c1ccc(-c2ccc(C(O)(C(F)(F)F)C(F)(F)F)cn2)cc1.O=S(=O)(c1ccccc1)c1ccc(Br)cc1. The van der Waals surface area contributed by atoms with Gasteiger partial charge in [-0.2, -0.15) is 39.5 Å². The van der Waals surface area contributed by atoms with Crippen molar-refractivity contribution < 1.29 is 119 Å². The Morgan fingerprint density at radius 2 is 0.562 bits per heavy atom. The third kappa shape index (κ3) is 29.7. The molecular formula is C93H89B3Br5ClF9N3O18S5. The summed E-state index contributed by atoms with van der Waals surface area (Å²) >= 11 is 16.3. The maximum absolute atomic E-state index is 13.0. The highest BCUT2D eigenvalue weighted by molar-refractivity contribution is 9.11. The van der Waals surface area contributed by atoms with Crippen LogP contribution in [-0.2, 0) is 86.7 Å². The lowest BCUT2D eigenvalue weighted by atomic mass is 9.49. The van der Waals surface area contributed by atoms with Crippen molar-refractivity contribution in [3.63, 3.8) is 0 Å². The molecule has 0 amide bonds. The largest absolute Gasteiger partial charge is 0.494 e. The average molecular weight is 2340 g/mol. The second kappa shape index (κ2) is 45.8. The van der Waals surface area contributed by atoms with Crippen LogP contribution in [0.5, 0.6) is 0 Å². The van der Waals surface area contributed by atoms with Gasteiger partial charge in [-0.15, -0.1) is 0 Å². The summed E-state index contributed by atoms with van der Waals surface area (Å²) < 4.78 is 271. The summed E-state index contributed by atoms with van der Waals surface area (Å²) in [5.41, 5.74) is -6.13. The number of carbonyl (C=O) groups excluding carboxylic acids is 1. The van der Waals surface area contributed by atoms with Crippen molar-refractivity contribution in [1.82, 2.24) is 15.0 Å². The predicted molar refractivity (Wildman–Crippen MR) is 523 cm³/mol. The van der Waals surface area contributed by atoms with Gasteiger partial charge in [0.15, 0.2) is 0 Å². The molecule has 6 heterocycles. The van der Waals surface area contributed by atoms with Gasteiger partial charge < -0.3 is 33.0 Å². The lowest BCUT2D eigenvalue weighted by molar-refractivity contribution is -0.376. The van der Waals surface area contributed by atoms with Crippen LogP contribution in [0, 0.1) is 0 Å². The van der Waals surface area contributed by atoms with Gasteiger partial charge in [-0.1, -0.05) is 147 Å². The van der Waals surface area contributed by atoms with Crippen LogP contribution in [0.3, 0.4) is 0 Å². The Bertz CT molecular complexity index is 6560. The van der Waals surface area contributed by atoms with Gasteiger partial charge in [0.1, 0.15) is 4.60 Å². The molecule has 3 aliphatic rings. The van der Waals surface area contributed by atoms with Crippen molar-refractivity contribution in [3.05, 3.63) is 326 Å². The van der Waals surface area contributed by atoms with Crippen LogP contribution in [0.4, 0.5) is 39.5 Å². The minimum absolute atomic E-state index is 0.0147.